The largest absolute Gasteiger partial charge is 0.296 e. The van der Waals surface area contributed by atoms with Crippen molar-refractivity contribution < 1.29 is 14.9 Å². The summed E-state index contributed by atoms with van der Waals surface area (Å²) in [5, 5.41) is 8.34. The van der Waals surface area contributed by atoms with Crippen LogP contribution in [0.15, 0.2) is 0 Å². The molecular formula is C7H14O3S. The molecule has 0 atom stereocenters. The normalized spacial score (nSPS) is 11.6. The number of rotatable bonds is 5. The SMILES string of the molecule is CSCCC(=O)C(C)(C)OO. The number of hydrogen-bond donors (Lipinski definition) is 1. The smallest absolute Gasteiger partial charge is 0.168 e. The van der Waals surface area contributed by atoms with Gasteiger partial charge in [0.25, 0.3) is 0 Å². The van der Waals surface area contributed by atoms with Gasteiger partial charge in [0.1, 0.15) is 0 Å². The van der Waals surface area contributed by atoms with E-state index in [-0.39, 0.29) is 5.78 Å². The first kappa shape index (κ1) is 10.9. The van der Waals surface area contributed by atoms with Crippen LogP contribution in [0.2, 0.25) is 0 Å². The molecule has 0 aromatic heterocycles. The van der Waals surface area contributed by atoms with E-state index in [1.807, 2.05) is 6.26 Å². The second-order valence-corrected chi connectivity index (χ2v) is 3.75. The van der Waals surface area contributed by atoms with Crippen LogP contribution in [0.3, 0.4) is 0 Å². The molecule has 1 N–H and O–H groups in total. The Morgan fingerprint density at radius 1 is 1.64 bits per heavy atom. The highest BCUT2D eigenvalue weighted by molar-refractivity contribution is 7.98. The first-order valence-corrected chi connectivity index (χ1v) is 4.79. The Balaban J connectivity index is 3.82. The lowest BCUT2D eigenvalue weighted by molar-refractivity contribution is -0.301. The minimum Gasteiger partial charge on any atom is -0.296 e. The molecule has 0 saturated carbocycles. The molecular weight excluding hydrogens is 164 g/mol. The minimum atomic E-state index is -1.05. The lowest BCUT2D eigenvalue weighted by Crippen LogP contribution is -2.34. The summed E-state index contributed by atoms with van der Waals surface area (Å²) in [5.41, 5.74) is -1.05. The zero-order valence-corrected chi connectivity index (χ0v) is 7.90. The van der Waals surface area contributed by atoms with Crippen molar-refractivity contribution in [2.75, 3.05) is 12.0 Å². The molecule has 0 fully saturated rings. The first-order valence-electron chi connectivity index (χ1n) is 3.39. The number of carbonyl (C=O) groups excluding carboxylic acids is 1. The number of hydrogen-bond acceptors (Lipinski definition) is 4. The second kappa shape index (κ2) is 4.74. The molecule has 0 amide bonds. The standard InChI is InChI=1S/C7H14O3S/c1-7(2,10-9)6(8)4-5-11-3/h9H,4-5H2,1-3H3. The van der Waals surface area contributed by atoms with E-state index in [1.165, 1.54) is 0 Å². The van der Waals surface area contributed by atoms with Gasteiger partial charge < -0.3 is 0 Å². The monoisotopic (exact) mass is 178 g/mol. The van der Waals surface area contributed by atoms with Crippen molar-refractivity contribution in [2.24, 2.45) is 0 Å². The van der Waals surface area contributed by atoms with Gasteiger partial charge in [-0.2, -0.15) is 11.8 Å². The Bertz CT molecular complexity index is 134. The van der Waals surface area contributed by atoms with E-state index in [2.05, 4.69) is 4.89 Å². The number of ketones is 1. The van der Waals surface area contributed by atoms with Crippen LogP contribution in [-0.4, -0.2) is 28.7 Å². The molecule has 0 bridgehead atoms. The van der Waals surface area contributed by atoms with E-state index >= 15 is 0 Å². The van der Waals surface area contributed by atoms with E-state index in [0.717, 1.165) is 5.75 Å². The molecule has 0 saturated heterocycles. The predicted molar refractivity (Wildman–Crippen MR) is 45.8 cm³/mol. The molecule has 0 spiro atoms. The molecule has 11 heavy (non-hydrogen) atoms. The van der Waals surface area contributed by atoms with Gasteiger partial charge in [0.15, 0.2) is 11.4 Å². The van der Waals surface area contributed by atoms with E-state index in [0.29, 0.717) is 6.42 Å². The van der Waals surface area contributed by atoms with Crippen molar-refractivity contribution >= 4 is 17.5 Å². The Labute approximate surface area is 71.1 Å². The third kappa shape index (κ3) is 3.74. The topological polar surface area (TPSA) is 46.5 Å². The molecule has 0 aliphatic heterocycles. The van der Waals surface area contributed by atoms with Gasteiger partial charge in [-0.15, -0.1) is 0 Å². The zero-order valence-electron chi connectivity index (χ0n) is 7.09. The van der Waals surface area contributed by atoms with Crippen molar-refractivity contribution in [2.45, 2.75) is 25.9 Å². The molecule has 0 aliphatic carbocycles. The van der Waals surface area contributed by atoms with Crippen LogP contribution in [0, 0.1) is 0 Å². The fraction of sp³-hybridized carbons (Fsp3) is 0.857. The van der Waals surface area contributed by atoms with E-state index < -0.39 is 5.60 Å². The van der Waals surface area contributed by atoms with Crippen LogP contribution >= 0.6 is 11.8 Å². The maximum atomic E-state index is 11.2. The van der Waals surface area contributed by atoms with Gasteiger partial charge in [0.2, 0.25) is 0 Å². The highest BCUT2D eigenvalue weighted by Crippen LogP contribution is 2.12. The lowest BCUT2D eigenvalue weighted by Gasteiger charge is -2.17. The Hall–Kier alpha value is -0.0600. The van der Waals surface area contributed by atoms with Gasteiger partial charge >= 0.3 is 0 Å². The van der Waals surface area contributed by atoms with Crippen LogP contribution in [0.5, 0.6) is 0 Å². The maximum absolute atomic E-state index is 11.2. The Kier molecular flexibility index (Phi) is 4.72. The number of carbonyl (C=O) groups is 1. The third-order valence-electron chi connectivity index (χ3n) is 1.43. The highest BCUT2D eigenvalue weighted by Gasteiger charge is 2.27. The molecule has 3 nitrogen and oxygen atoms in total. The average Bonchev–Trinajstić information content (AvgIpc) is 2.00. The summed E-state index contributed by atoms with van der Waals surface area (Å²) in [6, 6.07) is 0. The molecule has 66 valence electrons. The van der Waals surface area contributed by atoms with Gasteiger partial charge in [-0.25, -0.2) is 4.89 Å². The predicted octanol–water partition coefficient (Wildman–Crippen LogP) is 1.58. The van der Waals surface area contributed by atoms with Gasteiger partial charge in [0, 0.05) is 12.2 Å². The highest BCUT2D eigenvalue weighted by atomic mass is 32.2. The summed E-state index contributed by atoms with van der Waals surface area (Å²) in [4.78, 5) is 15.2. The summed E-state index contributed by atoms with van der Waals surface area (Å²) in [6.45, 7) is 3.10. The lowest BCUT2D eigenvalue weighted by atomic mass is 10.0. The van der Waals surface area contributed by atoms with Gasteiger partial charge in [-0.3, -0.25) is 10.1 Å². The molecule has 4 heteroatoms. The van der Waals surface area contributed by atoms with Gasteiger partial charge in [0.05, 0.1) is 0 Å². The molecule has 0 radical (unpaired) electrons. The van der Waals surface area contributed by atoms with Crippen LogP contribution in [0.25, 0.3) is 0 Å². The number of Topliss-reactive ketones (excluding diaryl/α,β-unsaturated/α-hetero) is 1. The fourth-order valence-electron chi connectivity index (χ4n) is 0.547. The maximum Gasteiger partial charge on any atom is 0.168 e. The van der Waals surface area contributed by atoms with Crippen molar-refractivity contribution in [3.8, 4) is 0 Å². The Morgan fingerprint density at radius 2 is 2.18 bits per heavy atom. The van der Waals surface area contributed by atoms with E-state index in [1.54, 1.807) is 25.6 Å². The summed E-state index contributed by atoms with van der Waals surface area (Å²) < 4.78 is 0. The average molecular weight is 178 g/mol. The Morgan fingerprint density at radius 3 is 2.55 bits per heavy atom. The van der Waals surface area contributed by atoms with Gasteiger partial charge in [-0.1, -0.05) is 0 Å². The summed E-state index contributed by atoms with van der Waals surface area (Å²) in [6.07, 6.45) is 2.37. The van der Waals surface area contributed by atoms with E-state index in [4.69, 9.17) is 5.26 Å². The summed E-state index contributed by atoms with van der Waals surface area (Å²) in [7, 11) is 0. The fourth-order valence-corrected chi connectivity index (χ4v) is 0.936. The van der Waals surface area contributed by atoms with Crippen molar-refractivity contribution in [3.05, 3.63) is 0 Å². The summed E-state index contributed by atoms with van der Waals surface area (Å²) in [5.74, 6) is 0.695. The van der Waals surface area contributed by atoms with Crippen molar-refractivity contribution in [1.82, 2.24) is 0 Å². The molecule has 0 unspecified atom stereocenters. The van der Waals surface area contributed by atoms with Crippen LogP contribution < -0.4 is 0 Å². The second-order valence-electron chi connectivity index (χ2n) is 2.77. The van der Waals surface area contributed by atoms with Crippen molar-refractivity contribution in [3.63, 3.8) is 0 Å². The van der Waals surface area contributed by atoms with Crippen LogP contribution in [0.4, 0.5) is 0 Å². The zero-order chi connectivity index (χ0) is 8.91. The first-order chi connectivity index (χ1) is 5.04. The minimum absolute atomic E-state index is 0.0747. The number of thioether (sulfide) groups is 1. The third-order valence-corrected chi connectivity index (χ3v) is 2.05. The molecule has 0 aliphatic rings. The van der Waals surface area contributed by atoms with Gasteiger partial charge in [-0.05, 0) is 20.1 Å². The molecule has 0 aromatic rings. The molecule has 0 aromatic carbocycles. The molecule has 0 rings (SSSR count). The van der Waals surface area contributed by atoms with Crippen LogP contribution in [0.1, 0.15) is 20.3 Å². The quantitative estimate of drug-likeness (QED) is 0.513. The van der Waals surface area contributed by atoms with E-state index in [9.17, 15) is 4.79 Å². The summed E-state index contributed by atoms with van der Waals surface area (Å²) >= 11 is 1.60. The molecule has 0 heterocycles. The van der Waals surface area contributed by atoms with Crippen molar-refractivity contribution in [1.29, 1.82) is 0 Å². The van der Waals surface area contributed by atoms with Crippen LogP contribution in [-0.2, 0) is 9.68 Å².